The number of carbonyl (C=O) groups is 6. The Morgan fingerprint density at radius 2 is 1.17 bits per heavy atom. The van der Waals surface area contributed by atoms with Gasteiger partial charge in [-0.1, -0.05) is 143 Å². The van der Waals surface area contributed by atoms with Gasteiger partial charge in [0.25, 0.3) is 0 Å². The molecule has 0 bridgehead atoms. The number of ether oxygens (including phenoxy) is 5. The summed E-state index contributed by atoms with van der Waals surface area (Å²) in [6, 6.07) is 19.9. The van der Waals surface area contributed by atoms with Crippen LogP contribution in [0, 0.1) is 23.7 Å². The van der Waals surface area contributed by atoms with Crippen molar-refractivity contribution in [1.29, 1.82) is 0 Å². The average Bonchev–Trinajstić information content (AvgIpc) is 3.51. The van der Waals surface area contributed by atoms with E-state index in [1.807, 2.05) is 128 Å². The first-order valence-corrected chi connectivity index (χ1v) is 30.3. The molecule has 12 atom stereocenters. The van der Waals surface area contributed by atoms with Crippen LogP contribution < -0.4 is 5.32 Å². The van der Waals surface area contributed by atoms with Crippen LogP contribution in [0.1, 0.15) is 190 Å². The molecule has 16 nitrogen and oxygen atoms in total. The minimum atomic E-state index is -1.57. The van der Waals surface area contributed by atoms with Crippen LogP contribution in [0.15, 0.2) is 60.7 Å². The highest BCUT2D eigenvalue weighted by atomic mass is 16.7. The Hall–Kier alpha value is -4.58. The average molecular weight is 1140 g/mol. The summed E-state index contributed by atoms with van der Waals surface area (Å²) in [6.07, 6.45) is 4.53. The molecule has 1 N–H and O–H groups in total. The number of piperidine rings is 2. The second-order valence-electron chi connectivity index (χ2n) is 24.0. The number of carbonyl (C=O) groups excluding carboxylic acids is 6. The zero-order chi connectivity index (χ0) is 60.7. The molecular formula is C65H106N4O12. The molecule has 12 unspecified atom stereocenters. The molecule has 2 saturated heterocycles. The zero-order valence-corrected chi connectivity index (χ0v) is 52.9. The van der Waals surface area contributed by atoms with Gasteiger partial charge in [-0.25, -0.2) is 9.59 Å². The molecule has 2 aromatic rings. The molecule has 81 heavy (non-hydrogen) atoms. The molecular weight excluding hydrogens is 1030 g/mol. The smallest absolute Gasteiger partial charge is 0.337 e. The summed E-state index contributed by atoms with van der Waals surface area (Å²) < 4.78 is 29.2. The third-order valence-electron chi connectivity index (χ3n) is 17.8. The SMILES string of the molecule is CCCCOC(=O)C(CC(C)c1ccccc1)C(C(=O)OC)C(OC1(CC)CC(=O)C(C)C(C)(CC)N1)C(=O)OCCN(C)CCN(C)C.CCCCOC(=O)C(CC(C)c1ccccc1)ON1C(C)(CC)CC(=O)C(C)C1(C)CC. The van der Waals surface area contributed by atoms with Gasteiger partial charge in [0.05, 0.1) is 37.3 Å². The lowest BCUT2D eigenvalue weighted by Crippen LogP contribution is -2.68. The van der Waals surface area contributed by atoms with Gasteiger partial charge in [-0.3, -0.25) is 29.3 Å². The van der Waals surface area contributed by atoms with Crippen molar-refractivity contribution in [2.75, 3.05) is 67.7 Å². The number of unbranched alkanes of at least 4 members (excludes halogenated alkanes) is 2. The maximum Gasteiger partial charge on any atom is 0.337 e. The van der Waals surface area contributed by atoms with Crippen LogP contribution in [0.4, 0.5) is 0 Å². The number of hydrogen-bond donors (Lipinski definition) is 1. The summed E-state index contributed by atoms with van der Waals surface area (Å²) in [4.78, 5) is 92.4. The number of hydrogen-bond acceptors (Lipinski definition) is 16. The number of nitrogens with zero attached hydrogens (tertiary/aromatic N) is 3. The van der Waals surface area contributed by atoms with Gasteiger partial charge >= 0.3 is 23.9 Å². The van der Waals surface area contributed by atoms with Crippen molar-refractivity contribution >= 4 is 35.4 Å². The van der Waals surface area contributed by atoms with E-state index in [0.29, 0.717) is 45.3 Å². The van der Waals surface area contributed by atoms with Gasteiger partial charge < -0.3 is 33.5 Å². The Morgan fingerprint density at radius 3 is 1.67 bits per heavy atom. The third kappa shape index (κ3) is 19.8. The number of nitrogens with one attached hydrogen (secondary N) is 1. The van der Waals surface area contributed by atoms with Gasteiger partial charge in [0.1, 0.15) is 29.8 Å². The number of benzene rings is 2. The number of rotatable bonds is 32. The van der Waals surface area contributed by atoms with E-state index in [0.717, 1.165) is 50.8 Å². The Bertz CT molecular complexity index is 2250. The van der Waals surface area contributed by atoms with Crippen LogP contribution in [0.5, 0.6) is 0 Å². The van der Waals surface area contributed by atoms with E-state index in [1.165, 1.54) is 12.7 Å². The standard InChI is InChI=1S/C38H63N3O8.C27H43NO4/c1-11-14-23-47-34(43)30(25-27(4)29-18-16-15-17-19-29)32(35(44)46-10)33(36(45)48-24-22-41(9)21-20-40(7)8)49-38(13-3)26-31(42)28(5)37(6,12-2)39-38;1-8-11-17-31-25(30)24(18-20(4)22-15-13-12-14-16-22)32-28-26(6,9-2)19-23(29)21(5)27(28,7)10-3/h15-19,27-28,30,32-33,39H,11-14,20-26H2,1-10H3;12-16,20-21,24H,8-11,17-19H2,1-7H3. The normalized spacial score (nSPS) is 25.4. The number of methoxy groups -OCH3 is 1. The van der Waals surface area contributed by atoms with E-state index in [2.05, 4.69) is 63.9 Å². The first-order valence-electron chi connectivity index (χ1n) is 30.3. The van der Waals surface area contributed by atoms with Gasteiger partial charge in [0.15, 0.2) is 12.2 Å². The molecule has 0 aliphatic carbocycles. The first-order chi connectivity index (χ1) is 38.3. The monoisotopic (exact) mass is 1130 g/mol. The highest BCUT2D eigenvalue weighted by molar-refractivity contribution is 5.89. The van der Waals surface area contributed by atoms with Gasteiger partial charge in [0.2, 0.25) is 0 Å². The fourth-order valence-corrected chi connectivity index (χ4v) is 11.0. The molecule has 16 heteroatoms. The number of ketones is 2. The van der Waals surface area contributed by atoms with Crippen molar-refractivity contribution in [3.63, 3.8) is 0 Å². The molecule has 4 rings (SSSR count). The summed E-state index contributed by atoms with van der Waals surface area (Å²) in [6.45, 7) is 28.8. The number of Topliss-reactive ketones (excluding diaryl/α,β-unsaturated/α-hetero) is 2. The van der Waals surface area contributed by atoms with Crippen LogP contribution in [0.25, 0.3) is 0 Å². The van der Waals surface area contributed by atoms with Gasteiger partial charge in [-0.15, -0.1) is 0 Å². The Labute approximate surface area is 487 Å². The van der Waals surface area contributed by atoms with Crippen LogP contribution in [0.2, 0.25) is 0 Å². The second kappa shape index (κ2) is 33.6. The fourth-order valence-electron chi connectivity index (χ4n) is 11.0. The van der Waals surface area contributed by atoms with Crippen molar-refractivity contribution < 1.29 is 57.3 Å². The zero-order valence-electron chi connectivity index (χ0n) is 52.9. The molecule has 2 aliphatic rings. The van der Waals surface area contributed by atoms with Crippen LogP contribution in [-0.2, 0) is 57.3 Å². The van der Waals surface area contributed by atoms with Crippen LogP contribution in [0.3, 0.4) is 0 Å². The first kappa shape index (κ1) is 70.7. The summed E-state index contributed by atoms with van der Waals surface area (Å²) in [5, 5.41) is 5.56. The lowest BCUT2D eigenvalue weighted by molar-refractivity contribution is -0.314. The molecule has 0 aromatic heterocycles. The van der Waals surface area contributed by atoms with Crippen molar-refractivity contribution in [3.8, 4) is 0 Å². The number of hydroxylamine groups is 2. The van der Waals surface area contributed by atoms with Crippen molar-refractivity contribution in [2.24, 2.45) is 23.7 Å². The van der Waals surface area contributed by atoms with E-state index in [9.17, 15) is 28.8 Å². The lowest BCUT2D eigenvalue weighted by atomic mass is 9.70. The predicted molar refractivity (Wildman–Crippen MR) is 318 cm³/mol. The number of likely N-dealkylation sites (N-methyl/N-ethyl adjacent to an activating group) is 2. The highest BCUT2D eigenvalue weighted by Gasteiger charge is 2.56. The topological polar surface area (TPSA) is 180 Å². The molecule has 0 radical (unpaired) electrons. The predicted octanol–water partition coefficient (Wildman–Crippen LogP) is 10.9. The minimum absolute atomic E-state index is 0.0116. The summed E-state index contributed by atoms with van der Waals surface area (Å²) in [7, 11) is 7.14. The maximum absolute atomic E-state index is 14.3. The third-order valence-corrected chi connectivity index (χ3v) is 17.8. The summed E-state index contributed by atoms with van der Waals surface area (Å²) >= 11 is 0. The fraction of sp³-hybridized carbons (Fsp3) is 0.723. The molecule has 2 heterocycles. The molecule has 0 amide bonds. The van der Waals surface area contributed by atoms with E-state index in [4.69, 9.17) is 28.5 Å². The van der Waals surface area contributed by atoms with E-state index >= 15 is 0 Å². The Morgan fingerprint density at radius 1 is 0.642 bits per heavy atom. The molecule has 2 aromatic carbocycles. The van der Waals surface area contributed by atoms with E-state index < -0.39 is 64.3 Å². The van der Waals surface area contributed by atoms with E-state index in [1.54, 1.807) is 0 Å². The quantitative estimate of drug-likeness (QED) is 0.0415. The molecule has 0 spiro atoms. The van der Waals surface area contributed by atoms with Crippen LogP contribution >= 0.6 is 0 Å². The second-order valence-corrected chi connectivity index (χ2v) is 24.0. The number of esters is 4. The lowest BCUT2D eigenvalue weighted by Gasteiger charge is -2.56. The Kier molecular flexibility index (Phi) is 29.4. The molecule has 0 saturated carbocycles. The molecule has 2 aliphatic heterocycles. The van der Waals surface area contributed by atoms with Crippen LogP contribution in [-0.4, -0.2) is 153 Å². The van der Waals surface area contributed by atoms with Crippen molar-refractivity contribution in [3.05, 3.63) is 71.8 Å². The van der Waals surface area contributed by atoms with Gasteiger partial charge in [0, 0.05) is 49.9 Å². The highest BCUT2D eigenvalue weighted by Crippen LogP contribution is 2.45. The Balaban J connectivity index is 0.000000464. The van der Waals surface area contributed by atoms with Gasteiger partial charge in [-0.05, 0) is 116 Å². The van der Waals surface area contributed by atoms with Crippen molar-refractivity contribution in [2.45, 2.75) is 213 Å². The maximum atomic E-state index is 14.3. The summed E-state index contributed by atoms with van der Waals surface area (Å²) in [5.41, 5.74) is -0.744. The molecule has 458 valence electrons. The summed E-state index contributed by atoms with van der Waals surface area (Å²) in [5.74, 6) is -5.30. The largest absolute Gasteiger partial charge is 0.469 e. The van der Waals surface area contributed by atoms with Crippen molar-refractivity contribution in [1.82, 2.24) is 20.2 Å². The van der Waals surface area contributed by atoms with E-state index in [-0.39, 0.29) is 67.3 Å². The minimum Gasteiger partial charge on any atom is -0.469 e. The molecule has 2 fully saturated rings. The van der Waals surface area contributed by atoms with Gasteiger partial charge in [-0.2, -0.15) is 5.06 Å².